The topological polar surface area (TPSA) is 140 Å². The molecule has 1 amide bonds. The summed E-state index contributed by atoms with van der Waals surface area (Å²) in [6.07, 6.45) is 0.839. The first kappa shape index (κ1) is 25.2. The number of nitrogens with two attached hydrogens (primary N) is 1. The second-order valence-electron chi connectivity index (χ2n) is 8.49. The fourth-order valence-electron chi connectivity index (χ4n) is 4.09. The van der Waals surface area contributed by atoms with Crippen LogP contribution in [0.3, 0.4) is 0 Å². The summed E-state index contributed by atoms with van der Waals surface area (Å²) in [5.41, 5.74) is 1.19. The number of benzene rings is 2. The van der Waals surface area contributed by atoms with Crippen LogP contribution in [0, 0.1) is 13.8 Å². The lowest BCUT2D eigenvalue weighted by Crippen LogP contribution is -2.29. The Morgan fingerprint density at radius 2 is 1.78 bits per heavy atom. The van der Waals surface area contributed by atoms with Crippen molar-refractivity contribution in [3.63, 3.8) is 0 Å². The second-order valence-corrected chi connectivity index (χ2v) is 10.0. The number of carbonyl (C=O) groups excluding carboxylic acids is 2. The van der Waals surface area contributed by atoms with E-state index in [4.69, 9.17) is 14.3 Å². The summed E-state index contributed by atoms with van der Waals surface area (Å²) in [4.78, 5) is 27.4. The molecular formula is C26H26N2O7S. The molecule has 0 radical (unpaired) electrons. The fourth-order valence-corrected chi connectivity index (χ4v) is 4.61. The van der Waals surface area contributed by atoms with Crippen LogP contribution < -0.4 is 14.8 Å². The van der Waals surface area contributed by atoms with Gasteiger partial charge in [-0.2, -0.15) is 0 Å². The van der Waals surface area contributed by atoms with Crippen LogP contribution in [-0.2, 0) is 19.6 Å². The summed E-state index contributed by atoms with van der Waals surface area (Å²) < 4.78 is 34.8. The zero-order chi connectivity index (χ0) is 26.2. The predicted molar refractivity (Wildman–Crippen MR) is 133 cm³/mol. The molecule has 1 saturated heterocycles. The summed E-state index contributed by atoms with van der Waals surface area (Å²) >= 11 is 0. The smallest absolute Gasteiger partial charge is 0.300 e. The third kappa shape index (κ3) is 4.65. The number of anilines is 1. The molecule has 4 rings (SSSR count). The molecule has 1 aromatic heterocycles. The standard InChI is InChI=1S/C26H26N2O7S/c1-4-13-34-20-12-6-17(14-15(20)2)24(29)22-23(21-11-5-16(3)35-21)28(26(31)25(22)30)18-7-9-19(10-8-18)36(27,32)33/h5-12,14,23,29H,4,13H2,1-3H3,(H2,27,32,33)/b24-22-. The summed E-state index contributed by atoms with van der Waals surface area (Å²) in [6.45, 7) is 6.07. The maximum atomic E-state index is 13.2. The van der Waals surface area contributed by atoms with E-state index in [2.05, 4.69) is 0 Å². The van der Waals surface area contributed by atoms with Gasteiger partial charge in [0.2, 0.25) is 10.0 Å². The maximum absolute atomic E-state index is 13.2. The molecule has 0 saturated carbocycles. The Labute approximate surface area is 208 Å². The van der Waals surface area contributed by atoms with Crippen molar-refractivity contribution in [2.24, 2.45) is 5.14 Å². The molecule has 1 aliphatic heterocycles. The number of primary sulfonamides is 1. The molecule has 0 spiro atoms. The van der Waals surface area contributed by atoms with Crippen LogP contribution in [0.5, 0.6) is 5.75 Å². The third-order valence-electron chi connectivity index (χ3n) is 5.83. The van der Waals surface area contributed by atoms with E-state index in [9.17, 15) is 23.1 Å². The van der Waals surface area contributed by atoms with E-state index < -0.39 is 27.8 Å². The van der Waals surface area contributed by atoms with Gasteiger partial charge >= 0.3 is 0 Å². The highest BCUT2D eigenvalue weighted by Crippen LogP contribution is 2.43. The molecule has 1 atom stereocenters. The molecule has 3 N–H and O–H groups in total. The van der Waals surface area contributed by atoms with Crippen molar-refractivity contribution in [2.45, 2.75) is 38.1 Å². The number of aliphatic hydroxyl groups excluding tert-OH is 1. The number of Topliss-reactive ketones (excluding diaryl/α,β-unsaturated/α-hetero) is 1. The lowest BCUT2D eigenvalue weighted by atomic mass is 9.98. The summed E-state index contributed by atoms with van der Waals surface area (Å²) in [5.74, 6) is -0.676. The number of carbonyl (C=O) groups is 2. The van der Waals surface area contributed by atoms with E-state index in [0.717, 1.165) is 12.0 Å². The number of sulfonamides is 1. The monoisotopic (exact) mass is 510 g/mol. The number of amides is 1. The minimum Gasteiger partial charge on any atom is -0.507 e. The Hall–Kier alpha value is -3.89. The first-order valence-electron chi connectivity index (χ1n) is 11.3. The normalized spacial score (nSPS) is 17.6. The number of nitrogens with zero attached hydrogens (tertiary/aromatic N) is 1. The van der Waals surface area contributed by atoms with Gasteiger partial charge < -0.3 is 14.3 Å². The fraction of sp³-hybridized carbons (Fsp3) is 0.231. The van der Waals surface area contributed by atoms with Crippen LogP contribution in [-0.4, -0.2) is 31.8 Å². The maximum Gasteiger partial charge on any atom is 0.300 e. The van der Waals surface area contributed by atoms with E-state index in [1.807, 2.05) is 13.8 Å². The highest BCUT2D eigenvalue weighted by Gasteiger charge is 2.48. The Morgan fingerprint density at radius 3 is 2.33 bits per heavy atom. The molecular weight excluding hydrogens is 484 g/mol. The largest absolute Gasteiger partial charge is 0.507 e. The number of furan rings is 1. The molecule has 10 heteroatoms. The number of ether oxygens (including phenoxy) is 1. The Morgan fingerprint density at radius 1 is 1.08 bits per heavy atom. The molecule has 36 heavy (non-hydrogen) atoms. The Balaban J connectivity index is 1.85. The minimum absolute atomic E-state index is 0.144. The van der Waals surface area contributed by atoms with Crippen molar-refractivity contribution in [1.82, 2.24) is 0 Å². The molecule has 1 fully saturated rings. The molecule has 0 aliphatic carbocycles. The van der Waals surface area contributed by atoms with Gasteiger partial charge in [-0.1, -0.05) is 6.92 Å². The molecule has 0 bridgehead atoms. The van der Waals surface area contributed by atoms with Crippen molar-refractivity contribution in [1.29, 1.82) is 0 Å². The highest BCUT2D eigenvalue weighted by atomic mass is 32.2. The van der Waals surface area contributed by atoms with E-state index in [-0.39, 0.29) is 27.7 Å². The van der Waals surface area contributed by atoms with E-state index in [0.29, 0.717) is 23.7 Å². The van der Waals surface area contributed by atoms with Crippen molar-refractivity contribution in [3.05, 3.63) is 82.8 Å². The lowest BCUT2D eigenvalue weighted by molar-refractivity contribution is -0.132. The average Bonchev–Trinajstić information content (AvgIpc) is 3.38. The van der Waals surface area contributed by atoms with Gasteiger partial charge in [-0.25, -0.2) is 13.6 Å². The number of aryl methyl sites for hydroxylation is 2. The number of hydrogen-bond donors (Lipinski definition) is 2. The van der Waals surface area contributed by atoms with Crippen LogP contribution in [0.4, 0.5) is 5.69 Å². The molecule has 9 nitrogen and oxygen atoms in total. The highest BCUT2D eigenvalue weighted by molar-refractivity contribution is 7.89. The number of aliphatic hydroxyl groups is 1. The minimum atomic E-state index is -3.95. The summed E-state index contributed by atoms with van der Waals surface area (Å²) in [5, 5.41) is 16.4. The quantitative estimate of drug-likeness (QED) is 0.278. The number of hydrogen-bond acceptors (Lipinski definition) is 7. The van der Waals surface area contributed by atoms with Crippen LogP contribution in [0.2, 0.25) is 0 Å². The molecule has 2 aromatic carbocycles. The van der Waals surface area contributed by atoms with Crippen molar-refractivity contribution in [3.8, 4) is 5.75 Å². The number of rotatable bonds is 7. The van der Waals surface area contributed by atoms with Crippen LogP contribution in [0.25, 0.3) is 5.76 Å². The predicted octanol–water partition coefficient (Wildman–Crippen LogP) is 3.96. The van der Waals surface area contributed by atoms with Crippen LogP contribution >= 0.6 is 0 Å². The van der Waals surface area contributed by atoms with Crippen molar-refractivity contribution >= 4 is 33.2 Å². The average molecular weight is 511 g/mol. The third-order valence-corrected chi connectivity index (χ3v) is 6.76. The Bertz CT molecular complexity index is 1470. The summed E-state index contributed by atoms with van der Waals surface area (Å²) in [7, 11) is -3.95. The van der Waals surface area contributed by atoms with Gasteiger partial charge in [-0.15, -0.1) is 0 Å². The second kappa shape index (κ2) is 9.63. The lowest BCUT2D eigenvalue weighted by Gasteiger charge is -2.23. The van der Waals surface area contributed by atoms with Crippen molar-refractivity contribution < 1.29 is 32.3 Å². The van der Waals surface area contributed by atoms with E-state index in [1.165, 1.54) is 29.2 Å². The van der Waals surface area contributed by atoms with Gasteiger partial charge in [0.15, 0.2) is 0 Å². The van der Waals surface area contributed by atoms with Gasteiger partial charge in [0.25, 0.3) is 11.7 Å². The van der Waals surface area contributed by atoms with Gasteiger partial charge in [-0.05, 0) is 80.4 Å². The van der Waals surface area contributed by atoms with Crippen LogP contribution in [0.15, 0.2) is 69.5 Å². The first-order valence-corrected chi connectivity index (χ1v) is 12.8. The van der Waals surface area contributed by atoms with Gasteiger partial charge in [0, 0.05) is 11.3 Å². The zero-order valence-corrected chi connectivity index (χ0v) is 20.8. The SMILES string of the molecule is CCCOc1ccc(/C(O)=C2/C(=O)C(=O)N(c3ccc(S(N)(=O)=O)cc3)C2c2ccc(C)o2)cc1C. The number of ketones is 1. The van der Waals surface area contributed by atoms with Gasteiger partial charge in [0.05, 0.1) is 17.1 Å². The molecule has 2 heterocycles. The van der Waals surface area contributed by atoms with Gasteiger partial charge in [0.1, 0.15) is 29.1 Å². The van der Waals surface area contributed by atoms with E-state index in [1.54, 1.807) is 37.3 Å². The van der Waals surface area contributed by atoms with Crippen molar-refractivity contribution in [2.75, 3.05) is 11.5 Å². The van der Waals surface area contributed by atoms with Crippen LogP contribution in [0.1, 0.15) is 42.0 Å². The first-order chi connectivity index (χ1) is 17.0. The molecule has 1 aliphatic rings. The molecule has 188 valence electrons. The summed E-state index contributed by atoms with van der Waals surface area (Å²) in [6, 6.07) is 12.5. The Kier molecular flexibility index (Phi) is 6.75. The molecule has 3 aromatic rings. The van der Waals surface area contributed by atoms with Gasteiger partial charge in [-0.3, -0.25) is 14.5 Å². The van der Waals surface area contributed by atoms with E-state index >= 15 is 0 Å². The molecule has 1 unspecified atom stereocenters. The zero-order valence-electron chi connectivity index (χ0n) is 20.0.